The van der Waals surface area contributed by atoms with Crippen molar-refractivity contribution >= 4 is 35.3 Å². The third-order valence-corrected chi connectivity index (χ3v) is 10.4. The van der Waals surface area contributed by atoms with Crippen molar-refractivity contribution in [1.82, 2.24) is 0 Å². The van der Waals surface area contributed by atoms with Crippen molar-refractivity contribution in [1.29, 1.82) is 0 Å². The first-order chi connectivity index (χ1) is 19.7. The maximum atomic E-state index is 14.1. The van der Waals surface area contributed by atoms with Crippen LogP contribution >= 0.6 is 11.8 Å². The average molecular weight is 607 g/mol. The molecule has 2 aliphatic rings. The van der Waals surface area contributed by atoms with Crippen LogP contribution in [0.2, 0.25) is 0 Å². The molecule has 0 radical (unpaired) electrons. The van der Waals surface area contributed by atoms with E-state index in [1.165, 1.54) is 18.9 Å². The highest BCUT2D eigenvalue weighted by Gasteiger charge is 2.61. The standard InChI is InChI=1S/C32H46O9S/c1-11-24-32(7)25(28(30(36)41-32)42-21-12-13-22(37-8)23(14-21)38-9)19(4)26(33)17(2)15-31(6,39-10)16-18(3)27(34)20(5)29(35)40-24/h12-14,17-20,24-25,28H,11,15-16H2,1-10H3. The van der Waals surface area contributed by atoms with Crippen LogP contribution in [0.3, 0.4) is 0 Å². The first-order valence-electron chi connectivity index (χ1n) is 14.6. The molecule has 0 aromatic heterocycles. The number of hydrogen-bond donors (Lipinski definition) is 0. The van der Waals surface area contributed by atoms with Crippen molar-refractivity contribution in [2.24, 2.45) is 29.6 Å². The first kappa shape index (κ1) is 33.9. The van der Waals surface area contributed by atoms with E-state index < -0.39 is 64.1 Å². The molecule has 234 valence electrons. The van der Waals surface area contributed by atoms with Gasteiger partial charge in [-0.05, 0) is 58.2 Å². The fourth-order valence-electron chi connectivity index (χ4n) is 6.75. The highest BCUT2D eigenvalue weighted by atomic mass is 32.2. The van der Waals surface area contributed by atoms with Gasteiger partial charge >= 0.3 is 11.9 Å². The Morgan fingerprint density at radius 2 is 1.48 bits per heavy atom. The molecule has 1 aromatic rings. The van der Waals surface area contributed by atoms with Crippen LogP contribution in [-0.2, 0) is 33.4 Å². The van der Waals surface area contributed by atoms with Gasteiger partial charge in [-0.2, -0.15) is 0 Å². The number of carbonyl (C=O) groups is 4. The molecule has 2 saturated heterocycles. The van der Waals surface area contributed by atoms with E-state index in [1.54, 1.807) is 47.1 Å². The van der Waals surface area contributed by atoms with Gasteiger partial charge in [0, 0.05) is 35.7 Å². The van der Waals surface area contributed by atoms with Gasteiger partial charge in [-0.1, -0.05) is 27.7 Å². The Balaban J connectivity index is 2.12. The summed E-state index contributed by atoms with van der Waals surface area (Å²) < 4.78 is 28.7. The van der Waals surface area contributed by atoms with Crippen LogP contribution in [0.5, 0.6) is 11.5 Å². The van der Waals surface area contributed by atoms with Crippen LogP contribution in [0.1, 0.15) is 67.7 Å². The van der Waals surface area contributed by atoms with E-state index >= 15 is 0 Å². The lowest BCUT2D eigenvalue weighted by Crippen LogP contribution is -2.52. The fraction of sp³-hybridized carbons (Fsp3) is 0.688. The molecule has 0 spiro atoms. The van der Waals surface area contributed by atoms with E-state index in [1.807, 2.05) is 33.8 Å². The number of hydrogen-bond acceptors (Lipinski definition) is 10. The summed E-state index contributed by atoms with van der Waals surface area (Å²) in [5.74, 6) is -3.60. The zero-order valence-electron chi connectivity index (χ0n) is 26.5. The number of rotatable bonds is 6. The van der Waals surface area contributed by atoms with Gasteiger partial charge < -0.3 is 23.7 Å². The van der Waals surface area contributed by atoms with Crippen LogP contribution in [0, 0.1) is 29.6 Å². The van der Waals surface area contributed by atoms with Crippen molar-refractivity contribution in [2.45, 2.75) is 95.2 Å². The Morgan fingerprint density at radius 3 is 2.02 bits per heavy atom. The molecule has 10 heteroatoms. The zero-order chi connectivity index (χ0) is 31.6. The van der Waals surface area contributed by atoms with Crippen LogP contribution < -0.4 is 9.47 Å². The molecule has 3 rings (SSSR count). The largest absolute Gasteiger partial charge is 0.493 e. The lowest BCUT2D eigenvalue weighted by atomic mass is 9.70. The van der Waals surface area contributed by atoms with Gasteiger partial charge in [0.1, 0.15) is 28.8 Å². The third-order valence-electron chi connectivity index (χ3n) is 9.14. The second kappa shape index (κ2) is 13.4. The summed E-state index contributed by atoms with van der Waals surface area (Å²) in [6.07, 6.45) is 0.197. The summed E-state index contributed by atoms with van der Waals surface area (Å²) in [6.45, 7) is 12.5. The van der Waals surface area contributed by atoms with Gasteiger partial charge in [0.25, 0.3) is 0 Å². The summed E-state index contributed by atoms with van der Waals surface area (Å²) in [5, 5.41) is -0.771. The van der Waals surface area contributed by atoms with Crippen molar-refractivity contribution in [3.05, 3.63) is 18.2 Å². The molecule has 0 N–H and O–H groups in total. The van der Waals surface area contributed by atoms with Crippen molar-refractivity contribution < 1.29 is 42.9 Å². The van der Waals surface area contributed by atoms with Crippen molar-refractivity contribution in [3.8, 4) is 11.5 Å². The van der Waals surface area contributed by atoms with Gasteiger partial charge in [0.05, 0.1) is 19.8 Å². The molecule has 2 fully saturated rings. The zero-order valence-corrected chi connectivity index (χ0v) is 27.3. The predicted octanol–water partition coefficient (Wildman–Crippen LogP) is 5.30. The molecule has 0 aliphatic carbocycles. The van der Waals surface area contributed by atoms with Gasteiger partial charge in [0.15, 0.2) is 17.1 Å². The predicted molar refractivity (Wildman–Crippen MR) is 159 cm³/mol. The molecule has 1 aromatic carbocycles. The van der Waals surface area contributed by atoms with E-state index in [0.717, 1.165) is 4.90 Å². The maximum absolute atomic E-state index is 14.1. The number of ketones is 2. The normalized spacial score (nSPS) is 36.5. The van der Waals surface area contributed by atoms with Crippen LogP contribution in [-0.4, -0.2) is 67.4 Å². The molecule has 42 heavy (non-hydrogen) atoms. The first-order valence-corrected chi connectivity index (χ1v) is 15.5. The van der Waals surface area contributed by atoms with E-state index in [9.17, 15) is 19.2 Å². The average Bonchev–Trinajstić information content (AvgIpc) is 3.22. The van der Waals surface area contributed by atoms with Crippen LogP contribution in [0.15, 0.2) is 23.1 Å². The topological polar surface area (TPSA) is 114 Å². The second-order valence-electron chi connectivity index (χ2n) is 12.2. The molecular formula is C32H46O9S. The van der Waals surface area contributed by atoms with Crippen molar-refractivity contribution in [3.63, 3.8) is 0 Å². The highest BCUT2D eigenvalue weighted by molar-refractivity contribution is 8.00. The van der Waals surface area contributed by atoms with E-state index in [2.05, 4.69) is 0 Å². The molecule has 9 atom stereocenters. The quantitative estimate of drug-likeness (QED) is 0.312. The molecule has 2 heterocycles. The Bertz CT molecular complexity index is 1180. The Labute approximate surface area is 253 Å². The number of cyclic esters (lactones) is 1. The summed E-state index contributed by atoms with van der Waals surface area (Å²) in [7, 11) is 4.65. The Kier molecular flexibility index (Phi) is 10.8. The SMILES string of the molecule is CCC1OC(=O)C(C)C(=O)C(C)CC(C)(OC)CC(C)C(=O)C(C)C2C(Sc3ccc(OC)c(OC)c3)C(=O)OC12C. The van der Waals surface area contributed by atoms with Gasteiger partial charge in [0.2, 0.25) is 0 Å². The summed E-state index contributed by atoms with van der Waals surface area (Å²) >= 11 is 1.28. The number of carbonyl (C=O) groups excluding carboxylic acids is 4. The highest BCUT2D eigenvalue weighted by Crippen LogP contribution is 2.50. The van der Waals surface area contributed by atoms with Crippen LogP contribution in [0.25, 0.3) is 0 Å². The van der Waals surface area contributed by atoms with Crippen LogP contribution in [0.4, 0.5) is 0 Å². The summed E-state index contributed by atoms with van der Waals surface area (Å²) in [4.78, 5) is 55.1. The minimum Gasteiger partial charge on any atom is -0.493 e. The Hall–Kier alpha value is -2.59. The smallest absolute Gasteiger partial charge is 0.320 e. The Morgan fingerprint density at radius 1 is 0.881 bits per heavy atom. The van der Waals surface area contributed by atoms with Gasteiger partial charge in [-0.25, -0.2) is 0 Å². The molecular weight excluding hydrogens is 560 g/mol. The minimum absolute atomic E-state index is 0.0451. The lowest BCUT2D eigenvalue weighted by Gasteiger charge is -2.41. The van der Waals surface area contributed by atoms with E-state index in [4.69, 9.17) is 23.7 Å². The molecule has 2 aliphatic heterocycles. The number of thioether (sulfide) groups is 1. The summed E-state index contributed by atoms with van der Waals surface area (Å²) in [5.41, 5.74) is -2.09. The van der Waals surface area contributed by atoms with E-state index in [0.29, 0.717) is 30.8 Å². The molecule has 0 bridgehead atoms. The minimum atomic E-state index is -1.31. The molecule has 0 saturated carbocycles. The molecule has 9 unspecified atom stereocenters. The number of fused-ring (bicyclic) bond motifs is 1. The number of benzene rings is 1. The molecule has 9 nitrogen and oxygen atoms in total. The third kappa shape index (κ3) is 6.64. The number of Topliss-reactive ketones (excluding diaryl/α,β-unsaturated/α-hetero) is 2. The maximum Gasteiger partial charge on any atom is 0.320 e. The van der Waals surface area contributed by atoms with Gasteiger partial charge in [-0.15, -0.1) is 11.8 Å². The van der Waals surface area contributed by atoms with E-state index in [-0.39, 0.29) is 11.6 Å². The number of methoxy groups -OCH3 is 3. The number of ether oxygens (including phenoxy) is 5. The molecule has 0 amide bonds. The summed E-state index contributed by atoms with van der Waals surface area (Å²) in [6, 6.07) is 5.36. The fourth-order valence-corrected chi connectivity index (χ4v) is 8.16. The van der Waals surface area contributed by atoms with Gasteiger partial charge in [-0.3, -0.25) is 19.2 Å². The number of esters is 2. The second-order valence-corrected chi connectivity index (χ2v) is 13.4. The lowest BCUT2D eigenvalue weighted by molar-refractivity contribution is -0.183. The monoisotopic (exact) mass is 606 g/mol. The van der Waals surface area contributed by atoms with Crippen molar-refractivity contribution in [2.75, 3.05) is 21.3 Å².